The average Bonchev–Trinajstić information content (AvgIpc) is 1.83. The van der Waals surface area contributed by atoms with Crippen LogP contribution in [-0.4, -0.2) is 6.67 Å². The Morgan fingerprint density at radius 3 is 1.82 bits per heavy atom. The highest BCUT2D eigenvalue weighted by atomic mass is 14.7. The zero-order valence-electron chi connectivity index (χ0n) is 7.64. The molecule has 4 N–H and O–H groups in total. The summed E-state index contributed by atoms with van der Waals surface area (Å²) < 4.78 is 0. The zero-order valence-corrected chi connectivity index (χ0v) is 7.64. The van der Waals surface area contributed by atoms with Crippen LogP contribution in [-0.2, 0) is 0 Å². The Balaban J connectivity index is 0.000000179. The van der Waals surface area contributed by atoms with Gasteiger partial charge in [-0.05, 0) is 36.5 Å². The lowest BCUT2D eigenvalue weighted by molar-refractivity contribution is -0.0906. The van der Waals surface area contributed by atoms with Crippen LogP contribution < -0.4 is 11.5 Å². The highest BCUT2D eigenvalue weighted by Crippen LogP contribution is 2.61. The molecule has 2 rings (SSSR count). The highest BCUT2D eigenvalue weighted by molar-refractivity contribution is 5.01. The Bertz CT molecular complexity index is 132. The van der Waals surface area contributed by atoms with Crippen LogP contribution in [0.3, 0.4) is 0 Å². The fourth-order valence-electron chi connectivity index (χ4n) is 2.51. The smallest absolute Gasteiger partial charge is 0.0403 e. The standard InChI is InChI=1S/C8H14.CH6N2/c1-8(2)5-6-3-4-7(6)8;2-1-3/h6-7H,3-5H2,1-2H3;1-3H2. The Morgan fingerprint density at radius 1 is 1.27 bits per heavy atom. The summed E-state index contributed by atoms with van der Waals surface area (Å²) in [6.07, 6.45) is 4.57. The molecule has 2 nitrogen and oxygen atoms in total. The van der Waals surface area contributed by atoms with Crippen molar-refractivity contribution in [3.05, 3.63) is 0 Å². The van der Waals surface area contributed by atoms with Gasteiger partial charge in [-0.1, -0.05) is 13.8 Å². The molecule has 0 amide bonds. The molecule has 0 aromatic carbocycles. The Morgan fingerprint density at radius 2 is 1.82 bits per heavy atom. The monoisotopic (exact) mass is 156 g/mol. The molecule has 2 heteroatoms. The maximum atomic E-state index is 4.62. The van der Waals surface area contributed by atoms with Gasteiger partial charge in [-0.25, -0.2) is 0 Å². The first kappa shape index (κ1) is 9.01. The van der Waals surface area contributed by atoms with Gasteiger partial charge < -0.3 is 11.5 Å². The summed E-state index contributed by atoms with van der Waals surface area (Å²) in [6, 6.07) is 0. The van der Waals surface area contributed by atoms with E-state index in [0.29, 0.717) is 0 Å². The van der Waals surface area contributed by atoms with Crippen LogP contribution in [0.4, 0.5) is 0 Å². The molecule has 2 aliphatic rings. The summed E-state index contributed by atoms with van der Waals surface area (Å²) in [5.74, 6) is 2.28. The molecular formula is C9H20N2. The van der Waals surface area contributed by atoms with Crippen molar-refractivity contribution in [2.75, 3.05) is 6.67 Å². The lowest BCUT2D eigenvalue weighted by Gasteiger charge is -2.59. The third-order valence-corrected chi connectivity index (χ3v) is 3.21. The van der Waals surface area contributed by atoms with Crippen LogP contribution >= 0.6 is 0 Å². The van der Waals surface area contributed by atoms with Crippen LogP contribution in [0.5, 0.6) is 0 Å². The molecule has 2 fully saturated rings. The van der Waals surface area contributed by atoms with E-state index in [4.69, 9.17) is 0 Å². The molecular weight excluding hydrogens is 136 g/mol. The van der Waals surface area contributed by atoms with E-state index < -0.39 is 0 Å². The maximum Gasteiger partial charge on any atom is 0.0403 e. The molecule has 0 radical (unpaired) electrons. The van der Waals surface area contributed by atoms with E-state index >= 15 is 0 Å². The molecule has 11 heavy (non-hydrogen) atoms. The Hall–Kier alpha value is -0.0800. The van der Waals surface area contributed by atoms with Gasteiger partial charge in [0.2, 0.25) is 0 Å². The Labute approximate surface area is 69.3 Å². The van der Waals surface area contributed by atoms with Crippen LogP contribution in [0.25, 0.3) is 0 Å². The number of rotatable bonds is 0. The SMILES string of the molecule is CC1(C)CC2CCC21.NCN. The minimum Gasteiger partial charge on any atom is -0.319 e. The molecule has 0 aromatic heterocycles. The minimum atomic E-state index is 0.250. The second-order valence-electron chi connectivity index (χ2n) is 4.37. The van der Waals surface area contributed by atoms with Gasteiger partial charge in [0.05, 0.1) is 0 Å². The highest BCUT2D eigenvalue weighted by Gasteiger charge is 2.51. The van der Waals surface area contributed by atoms with Crippen molar-refractivity contribution < 1.29 is 0 Å². The van der Waals surface area contributed by atoms with Gasteiger partial charge in [-0.15, -0.1) is 0 Å². The molecule has 0 spiro atoms. The van der Waals surface area contributed by atoms with Gasteiger partial charge in [0.15, 0.2) is 0 Å². The van der Waals surface area contributed by atoms with Gasteiger partial charge >= 0.3 is 0 Å². The molecule has 0 saturated heterocycles. The van der Waals surface area contributed by atoms with E-state index in [1.54, 1.807) is 0 Å². The Kier molecular flexibility index (Phi) is 2.55. The maximum absolute atomic E-state index is 4.62. The summed E-state index contributed by atoms with van der Waals surface area (Å²) in [5.41, 5.74) is 9.99. The largest absolute Gasteiger partial charge is 0.319 e. The second kappa shape index (κ2) is 3.11. The fraction of sp³-hybridized carbons (Fsp3) is 1.00. The van der Waals surface area contributed by atoms with Crippen molar-refractivity contribution in [1.82, 2.24) is 0 Å². The van der Waals surface area contributed by atoms with Crippen molar-refractivity contribution >= 4 is 0 Å². The third kappa shape index (κ3) is 1.57. The molecule has 2 unspecified atom stereocenters. The number of hydrogen-bond donors (Lipinski definition) is 2. The van der Waals surface area contributed by atoms with E-state index in [1.165, 1.54) is 19.3 Å². The fourth-order valence-corrected chi connectivity index (χ4v) is 2.51. The van der Waals surface area contributed by atoms with Crippen molar-refractivity contribution in [2.24, 2.45) is 28.7 Å². The average molecular weight is 156 g/mol. The van der Waals surface area contributed by atoms with Crippen LogP contribution in [0.15, 0.2) is 0 Å². The van der Waals surface area contributed by atoms with Gasteiger partial charge in [-0.3, -0.25) is 0 Å². The van der Waals surface area contributed by atoms with Crippen molar-refractivity contribution in [1.29, 1.82) is 0 Å². The van der Waals surface area contributed by atoms with E-state index in [0.717, 1.165) is 17.3 Å². The molecule has 66 valence electrons. The summed E-state index contributed by atoms with van der Waals surface area (Å²) in [5, 5.41) is 0. The minimum absolute atomic E-state index is 0.250. The predicted molar refractivity (Wildman–Crippen MR) is 47.9 cm³/mol. The molecule has 2 saturated carbocycles. The number of hydrogen-bond acceptors (Lipinski definition) is 2. The first-order valence-electron chi connectivity index (χ1n) is 4.52. The van der Waals surface area contributed by atoms with Crippen molar-refractivity contribution in [2.45, 2.75) is 33.1 Å². The molecule has 0 heterocycles. The first-order chi connectivity index (χ1) is 5.11. The topological polar surface area (TPSA) is 52.0 Å². The van der Waals surface area contributed by atoms with Gasteiger partial charge in [0, 0.05) is 6.67 Å². The number of fused-ring (bicyclic) bond motifs is 1. The van der Waals surface area contributed by atoms with Gasteiger partial charge in [-0.2, -0.15) is 0 Å². The molecule has 2 aliphatic carbocycles. The molecule has 0 bridgehead atoms. The van der Waals surface area contributed by atoms with Gasteiger partial charge in [0.25, 0.3) is 0 Å². The summed E-state index contributed by atoms with van der Waals surface area (Å²) in [7, 11) is 0. The zero-order chi connectivity index (χ0) is 8.48. The summed E-state index contributed by atoms with van der Waals surface area (Å²) >= 11 is 0. The van der Waals surface area contributed by atoms with Crippen LogP contribution in [0.1, 0.15) is 33.1 Å². The summed E-state index contributed by atoms with van der Waals surface area (Å²) in [4.78, 5) is 0. The molecule has 2 atom stereocenters. The first-order valence-corrected chi connectivity index (χ1v) is 4.52. The normalized spacial score (nSPS) is 37.1. The lowest BCUT2D eigenvalue weighted by atomic mass is 9.46. The quantitative estimate of drug-likeness (QED) is 0.519. The second-order valence-corrected chi connectivity index (χ2v) is 4.37. The van der Waals surface area contributed by atoms with Crippen molar-refractivity contribution in [3.8, 4) is 0 Å². The summed E-state index contributed by atoms with van der Waals surface area (Å²) in [6.45, 7) is 5.07. The van der Waals surface area contributed by atoms with E-state index in [2.05, 4.69) is 25.3 Å². The molecule has 0 aromatic rings. The lowest BCUT2D eigenvalue weighted by Crippen LogP contribution is -2.50. The van der Waals surface area contributed by atoms with E-state index in [1.807, 2.05) is 0 Å². The van der Waals surface area contributed by atoms with Crippen molar-refractivity contribution in [3.63, 3.8) is 0 Å². The van der Waals surface area contributed by atoms with E-state index in [-0.39, 0.29) is 6.67 Å². The van der Waals surface area contributed by atoms with Crippen LogP contribution in [0, 0.1) is 17.3 Å². The number of nitrogens with two attached hydrogens (primary N) is 2. The van der Waals surface area contributed by atoms with Crippen LogP contribution in [0.2, 0.25) is 0 Å². The molecule has 0 aliphatic heterocycles. The third-order valence-electron chi connectivity index (χ3n) is 3.21. The van der Waals surface area contributed by atoms with Gasteiger partial charge in [0.1, 0.15) is 0 Å². The van der Waals surface area contributed by atoms with E-state index in [9.17, 15) is 0 Å². The predicted octanol–water partition coefficient (Wildman–Crippen LogP) is 1.30.